The number of aromatic nitrogens is 3. The number of ether oxygens (including phenoxy) is 3. The van der Waals surface area contributed by atoms with E-state index in [1.54, 1.807) is 50.2 Å². The zero-order chi connectivity index (χ0) is 21.4. The number of fused-ring (bicyclic) bond motifs is 1. The van der Waals surface area contributed by atoms with Gasteiger partial charge < -0.3 is 14.2 Å². The van der Waals surface area contributed by atoms with E-state index in [2.05, 4.69) is 9.97 Å². The van der Waals surface area contributed by atoms with Gasteiger partial charge in [0.1, 0.15) is 11.5 Å². The maximum absolute atomic E-state index is 6.91. The molecule has 0 amide bonds. The Kier molecular flexibility index (Phi) is 5.64. The highest BCUT2D eigenvalue weighted by molar-refractivity contribution is 6.37. The van der Waals surface area contributed by atoms with Crippen molar-refractivity contribution in [1.82, 2.24) is 14.5 Å². The van der Waals surface area contributed by atoms with Gasteiger partial charge in [0.15, 0.2) is 17.1 Å². The summed E-state index contributed by atoms with van der Waals surface area (Å²) >= 11 is 19.5. The average Bonchev–Trinajstić information content (AvgIpc) is 3.05. The van der Waals surface area contributed by atoms with Crippen LogP contribution in [-0.2, 0) is 0 Å². The SMILES string of the molecule is COc1ccc(-c2c(Cl)n(-c3ccc(Cl)cc3Cl)c3ncnc(OC)c23)cc1OC. The molecule has 0 aliphatic carbocycles. The predicted octanol–water partition coefficient (Wildman–Crippen LogP) is 6.07. The van der Waals surface area contributed by atoms with Crippen molar-refractivity contribution in [2.45, 2.75) is 0 Å². The van der Waals surface area contributed by atoms with Crippen LogP contribution in [0.2, 0.25) is 15.2 Å². The first-order valence-electron chi connectivity index (χ1n) is 8.76. The van der Waals surface area contributed by atoms with Gasteiger partial charge in [-0.15, -0.1) is 0 Å². The number of nitrogens with zero attached hydrogens (tertiary/aromatic N) is 3. The average molecular weight is 465 g/mol. The fourth-order valence-corrected chi connectivity index (χ4v) is 4.22. The third-order valence-electron chi connectivity index (χ3n) is 4.67. The zero-order valence-corrected chi connectivity index (χ0v) is 18.5. The van der Waals surface area contributed by atoms with Crippen molar-refractivity contribution in [1.29, 1.82) is 0 Å². The topological polar surface area (TPSA) is 58.4 Å². The lowest BCUT2D eigenvalue weighted by molar-refractivity contribution is 0.355. The van der Waals surface area contributed by atoms with Crippen LogP contribution in [0.3, 0.4) is 0 Å². The number of hydrogen-bond donors (Lipinski definition) is 0. The number of hydrogen-bond acceptors (Lipinski definition) is 5. The Hall–Kier alpha value is -2.67. The summed E-state index contributed by atoms with van der Waals surface area (Å²) in [6.45, 7) is 0. The Bertz CT molecular complexity index is 1260. The molecule has 2 heterocycles. The second-order valence-electron chi connectivity index (χ2n) is 6.25. The van der Waals surface area contributed by atoms with Crippen LogP contribution in [0.25, 0.3) is 27.8 Å². The van der Waals surface area contributed by atoms with Crippen molar-refractivity contribution >= 4 is 45.8 Å². The van der Waals surface area contributed by atoms with Gasteiger partial charge in [0, 0.05) is 10.6 Å². The van der Waals surface area contributed by atoms with Gasteiger partial charge in [0.05, 0.1) is 37.4 Å². The van der Waals surface area contributed by atoms with Crippen molar-refractivity contribution in [2.75, 3.05) is 21.3 Å². The Labute approximate surface area is 187 Å². The predicted molar refractivity (Wildman–Crippen MR) is 119 cm³/mol. The minimum absolute atomic E-state index is 0.385. The fourth-order valence-electron chi connectivity index (χ4n) is 3.35. The Balaban J connectivity index is 2.09. The molecule has 0 unspecified atom stereocenters. The molecule has 0 spiro atoms. The first-order valence-corrected chi connectivity index (χ1v) is 9.90. The van der Waals surface area contributed by atoms with Gasteiger partial charge in [-0.1, -0.05) is 40.9 Å². The summed E-state index contributed by atoms with van der Waals surface area (Å²) in [4.78, 5) is 8.71. The molecule has 0 saturated heterocycles. The van der Waals surface area contributed by atoms with E-state index in [-0.39, 0.29) is 0 Å². The molecule has 6 nitrogen and oxygen atoms in total. The quantitative estimate of drug-likeness (QED) is 0.358. The molecular weight excluding hydrogens is 449 g/mol. The Morgan fingerprint density at radius 1 is 0.833 bits per heavy atom. The highest BCUT2D eigenvalue weighted by Crippen LogP contribution is 2.45. The maximum atomic E-state index is 6.91. The van der Waals surface area contributed by atoms with Gasteiger partial charge in [-0.3, -0.25) is 4.57 Å². The maximum Gasteiger partial charge on any atom is 0.226 e. The van der Waals surface area contributed by atoms with Gasteiger partial charge in [0.2, 0.25) is 5.88 Å². The molecule has 0 bridgehead atoms. The summed E-state index contributed by atoms with van der Waals surface area (Å²) < 4.78 is 18.1. The van der Waals surface area contributed by atoms with Gasteiger partial charge in [0.25, 0.3) is 0 Å². The van der Waals surface area contributed by atoms with Gasteiger partial charge >= 0.3 is 0 Å². The summed E-state index contributed by atoms with van der Waals surface area (Å²) in [6.07, 6.45) is 1.41. The molecular formula is C21H16Cl3N3O3. The minimum atomic E-state index is 0.385. The van der Waals surface area contributed by atoms with Crippen LogP contribution in [0.15, 0.2) is 42.7 Å². The number of halogens is 3. The third-order valence-corrected chi connectivity index (χ3v) is 5.57. The van der Waals surface area contributed by atoms with E-state index in [9.17, 15) is 0 Å². The standard InChI is InChI=1S/C21H16Cl3N3O3/c1-28-15-7-4-11(8-16(15)29-2)17-18-20(25-10-26-21(18)30-3)27(19(17)24)14-6-5-12(22)9-13(14)23/h4-10H,1-3H3. The van der Waals surface area contributed by atoms with Crippen LogP contribution < -0.4 is 14.2 Å². The first-order chi connectivity index (χ1) is 14.5. The van der Waals surface area contributed by atoms with Crippen molar-refractivity contribution in [3.05, 3.63) is 57.9 Å². The van der Waals surface area contributed by atoms with Crippen LogP contribution >= 0.6 is 34.8 Å². The molecule has 154 valence electrons. The van der Waals surface area contributed by atoms with E-state index < -0.39 is 0 Å². The number of benzene rings is 2. The third kappa shape index (κ3) is 3.31. The number of methoxy groups -OCH3 is 3. The van der Waals surface area contributed by atoms with Crippen molar-refractivity contribution in [3.63, 3.8) is 0 Å². The van der Waals surface area contributed by atoms with E-state index in [1.807, 2.05) is 12.1 Å². The summed E-state index contributed by atoms with van der Waals surface area (Å²) in [6, 6.07) is 10.7. The Morgan fingerprint density at radius 2 is 1.60 bits per heavy atom. The second-order valence-corrected chi connectivity index (χ2v) is 7.45. The monoisotopic (exact) mass is 463 g/mol. The van der Waals surface area contributed by atoms with Crippen molar-refractivity contribution < 1.29 is 14.2 Å². The molecule has 30 heavy (non-hydrogen) atoms. The van der Waals surface area contributed by atoms with Crippen LogP contribution in [0.4, 0.5) is 0 Å². The van der Waals surface area contributed by atoms with Gasteiger partial charge in [-0.05, 0) is 35.9 Å². The van der Waals surface area contributed by atoms with E-state index >= 15 is 0 Å². The molecule has 0 N–H and O–H groups in total. The molecule has 0 aliphatic heterocycles. The highest BCUT2D eigenvalue weighted by Gasteiger charge is 2.25. The Morgan fingerprint density at radius 3 is 2.27 bits per heavy atom. The summed E-state index contributed by atoms with van der Waals surface area (Å²) in [5.41, 5.74) is 2.63. The van der Waals surface area contributed by atoms with Crippen LogP contribution in [0.5, 0.6) is 17.4 Å². The molecule has 4 rings (SSSR count). The summed E-state index contributed by atoms with van der Waals surface area (Å²) in [7, 11) is 4.69. The molecule has 0 radical (unpaired) electrons. The molecule has 9 heteroatoms. The van der Waals surface area contributed by atoms with E-state index in [1.165, 1.54) is 6.33 Å². The normalized spacial score (nSPS) is 11.0. The molecule has 0 fully saturated rings. The smallest absolute Gasteiger partial charge is 0.226 e. The summed E-state index contributed by atoms with van der Waals surface area (Å²) in [5.74, 6) is 1.55. The van der Waals surface area contributed by atoms with Gasteiger partial charge in [-0.25, -0.2) is 9.97 Å². The van der Waals surface area contributed by atoms with Crippen LogP contribution in [-0.4, -0.2) is 35.9 Å². The lowest BCUT2D eigenvalue weighted by atomic mass is 10.1. The van der Waals surface area contributed by atoms with Gasteiger partial charge in [-0.2, -0.15) is 0 Å². The largest absolute Gasteiger partial charge is 0.493 e. The summed E-state index contributed by atoms with van der Waals surface area (Å²) in [5, 5.41) is 1.98. The highest BCUT2D eigenvalue weighted by atomic mass is 35.5. The van der Waals surface area contributed by atoms with E-state index in [4.69, 9.17) is 49.0 Å². The first kappa shape index (κ1) is 20.6. The molecule has 2 aromatic carbocycles. The number of rotatable bonds is 5. The molecule has 0 atom stereocenters. The van der Waals surface area contributed by atoms with Crippen LogP contribution in [0.1, 0.15) is 0 Å². The second kappa shape index (κ2) is 8.22. The lowest BCUT2D eigenvalue weighted by Crippen LogP contribution is -1.98. The van der Waals surface area contributed by atoms with Crippen molar-refractivity contribution in [3.8, 4) is 34.2 Å². The molecule has 4 aromatic rings. The molecule has 0 saturated carbocycles. The van der Waals surface area contributed by atoms with E-state index in [0.717, 1.165) is 5.56 Å². The minimum Gasteiger partial charge on any atom is -0.493 e. The zero-order valence-electron chi connectivity index (χ0n) is 16.2. The van der Waals surface area contributed by atoms with Crippen LogP contribution in [0, 0.1) is 0 Å². The molecule has 2 aromatic heterocycles. The van der Waals surface area contributed by atoms with Crippen molar-refractivity contribution in [2.24, 2.45) is 0 Å². The van der Waals surface area contributed by atoms with E-state index in [0.29, 0.717) is 54.9 Å². The molecule has 0 aliphatic rings. The lowest BCUT2D eigenvalue weighted by Gasteiger charge is -2.11. The fraction of sp³-hybridized carbons (Fsp3) is 0.143.